The predicted octanol–water partition coefficient (Wildman–Crippen LogP) is 1.00. The number of ether oxygens (including phenoxy) is 1. The summed E-state index contributed by atoms with van der Waals surface area (Å²) in [7, 11) is 0. The molecule has 0 spiro atoms. The number of carbonyl (C=O) groups excluding carboxylic acids is 1. The van der Waals surface area contributed by atoms with Crippen LogP contribution < -0.4 is 10.6 Å². The molecule has 1 aliphatic heterocycles. The van der Waals surface area contributed by atoms with Crippen LogP contribution >= 0.6 is 12.4 Å². The van der Waals surface area contributed by atoms with Gasteiger partial charge in [0.25, 0.3) is 0 Å². The van der Waals surface area contributed by atoms with E-state index in [0.29, 0.717) is 12.5 Å². The van der Waals surface area contributed by atoms with Gasteiger partial charge in [-0.05, 0) is 12.0 Å². The molecule has 19 heavy (non-hydrogen) atoms. The van der Waals surface area contributed by atoms with Crippen molar-refractivity contribution in [3.63, 3.8) is 0 Å². The maximum absolute atomic E-state index is 11.4. The largest absolute Gasteiger partial charge is 0.371 e. The summed E-state index contributed by atoms with van der Waals surface area (Å²) in [5.41, 5.74) is 1.23. The molecule has 0 bridgehead atoms. The summed E-state index contributed by atoms with van der Waals surface area (Å²) < 4.78 is 5.36. The molecule has 0 saturated carbocycles. The van der Waals surface area contributed by atoms with E-state index in [1.807, 2.05) is 18.2 Å². The van der Waals surface area contributed by atoms with Gasteiger partial charge in [-0.1, -0.05) is 30.3 Å². The first kappa shape index (κ1) is 16.0. The summed E-state index contributed by atoms with van der Waals surface area (Å²) in [6, 6.07) is 10.1. The molecule has 0 unspecified atom stereocenters. The molecule has 4 nitrogen and oxygen atoms in total. The number of halogens is 1. The molecule has 1 saturated heterocycles. The van der Waals surface area contributed by atoms with Gasteiger partial charge in [-0.3, -0.25) is 4.79 Å². The summed E-state index contributed by atoms with van der Waals surface area (Å²) >= 11 is 0. The van der Waals surface area contributed by atoms with E-state index < -0.39 is 0 Å². The minimum Gasteiger partial charge on any atom is -0.371 e. The Morgan fingerprint density at radius 3 is 2.68 bits per heavy atom. The molecule has 1 aromatic carbocycles. The van der Waals surface area contributed by atoms with Crippen LogP contribution in [0, 0.1) is 5.92 Å². The highest BCUT2D eigenvalue weighted by Crippen LogP contribution is 2.00. The van der Waals surface area contributed by atoms with Gasteiger partial charge in [0.15, 0.2) is 0 Å². The molecular formula is C14H21ClN2O2. The van der Waals surface area contributed by atoms with Gasteiger partial charge in [-0.2, -0.15) is 0 Å². The molecule has 2 rings (SSSR count). The number of hydrogen-bond acceptors (Lipinski definition) is 3. The second-order valence-corrected chi connectivity index (χ2v) is 4.62. The van der Waals surface area contributed by atoms with Gasteiger partial charge in [0.2, 0.25) is 5.91 Å². The van der Waals surface area contributed by atoms with Crippen molar-refractivity contribution in [3.8, 4) is 0 Å². The Morgan fingerprint density at radius 2 is 2.05 bits per heavy atom. The summed E-state index contributed by atoms with van der Waals surface area (Å²) in [4.78, 5) is 11.4. The van der Waals surface area contributed by atoms with Crippen molar-refractivity contribution in [1.29, 1.82) is 0 Å². The first-order valence-electron chi connectivity index (χ1n) is 6.43. The quantitative estimate of drug-likeness (QED) is 0.735. The number of carbonyl (C=O) groups is 1. The van der Waals surface area contributed by atoms with E-state index in [1.54, 1.807) is 0 Å². The third-order valence-electron chi connectivity index (χ3n) is 3.06. The van der Waals surface area contributed by atoms with Crippen molar-refractivity contribution in [2.75, 3.05) is 32.8 Å². The van der Waals surface area contributed by atoms with Crippen LogP contribution in [0.4, 0.5) is 0 Å². The molecule has 2 N–H and O–H groups in total. The fraction of sp³-hybridized carbons (Fsp3) is 0.500. The summed E-state index contributed by atoms with van der Waals surface area (Å²) in [6.07, 6.45) is 0.848. The van der Waals surface area contributed by atoms with Crippen LogP contribution in [0.25, 0.3) is 0 Å². The van der Waals surface area contributed by atoms with E-state index in [1.165, 1.54) is 5.56 Å². The lowest BCUT2D eigenvalue weighted by atomic mass is 10.0. The van der Waals surface area contributed by atoms with Gasteiger partial charge >= 0.3 is 0 Å². The number of benzene rings is 1. The molecular weight excluding hydrogens is 264 g/mol. The minimum absolute atomic E-state index is 0. The highest BCUT2D eigenvalue weighted by molar-refractivity contribution is 5.85. The van der Waals surface area contributed by atoms with E-state index in [9.17, 15) is 4.79 Å². The van der Waals surface area contributed by atoms with E-state index in [2.05, 4.69) is 22.8 Å². The average Bonchev–Trinajstić information content (AvgIpc) is 2.34. The van der Waals surface area contributed by atoms with E-state index in [0.717, 1.165) is 26.1 Å². The van der Waals surface area contributed by atoms with E-state index in [4.69, 9.17) is 4.74 Å². The van der Waals surface area contributed by atoms with Crippen LogP contribution in [-0.4, -0.2) is 38.8 Å². The molecule has 1 amide bonds. The summed E-state index contributed by atoms with van der Waals surface area (Å²) in [6.45, 7) is 3.52. The van der Waals surface area contributed by atoms with Crippen molar-refractivity contribution in [2.24, 2.45) is 5.92 Å². The smallest absolute Gasteiger partial charge is 0.246 e. The van der Waals surface area contributed by atoms with Crippen LogP contribution in [0.3, 0.4) is 0 Å². The van der Waals surface area contributed by atoms with Crippen molar-refractivity contribution < 1.29 is 9.53 Å². The Bertz CT molecular complexity index is 369. The number of hydrogen-bond donors (Lipinski definition) is 2. The van der Waals surface area contributed by atoms with Gasteiger partial charge in [0.1, 0.15) is 6.61 Å². The Kier molecular flexibility index (Phi) is 7.48. The summed E-state index contributed by atoms with van der Waals surface area (Å²) in [5.74, 6) is 0.577. The molecule has 0 aliphatic carbocycles. The Balaban J connectivity index is 0.00000180. The zero-order valence-corrected chi connectivity index (χ0v) is 11.7. The topological polar surface area (TPSA) is 50.4 Å². The first-order valence-corrected chi connectivity index (χ1v) is 6.43. The molecule has 1 fully saturated rings. The number of rotatable bonds is 7. The molecule has 1 heterocycles. The highest BCUT2D eigenvalue weighted by atomic mass is 35.5. The zero-order chi connectivity index (χ0) is 12.6. The lowest BCUT2D eigenvalue weighted by Crippen LogP contribution is -2.48. The van der Waals surface area contributed by atoms with E-state index in [-0.39, 0.29) is 24.9 Å². The lowest BCUT2D eigenvalue weighted by Gasteiger charge is -2.27. The van der Waals surface area contributed by atoms with Crippen LogP contribution in [0.2, 0.25) is 0 Å². The fourth-order valence-electron chi connectivity index (χ4n) is 1.80. The zero-order valence-electron chi connectivity index (χ0n) is 10.9. The highest BCUT2D eigenvalue weighted by Gasteiger charge is 2.16. The van der Waals surface area contributed by atoms with Crippen molar-refractivity contribution >= 4 is 18.3 Å². The van der Waals surface area contributed by atoms with Gasteiger partial charge in [-0.25, -0.2) is 0 Å². The van der Waals surface area contributed by atoms with E-state index >= 15 is 0 Å². The van der Waals surface area contributed by atoms with Gasteiger partial charge in [-0.15, -0.1) is 12.4 Å². The normalized spacial score (nSPS) is 14.3. The maximum Gasteiger partial charge on any atom is 0.246 e. The lowest BCUT2D eigenvalue weighted by molar-refractivity contribution is -0.125. The van der Waals surface area contributed by atoms with Crippen LogP contribution in [-0.2, 0) is 16.0 Å². The molecule has 0 aromatic heterocycles. The number of nitrogens with one attached hydrogen (secondary N) is 2. The molecule has 1 aliphatic rings. The first-order chi connectivity index (χ1) is 8.84. The molecule has 0 atom stereocenters. The van der Waals surface area contributed by atoms with Crippen LogP contribution in [0.5, 0.6) is 0 Å². The van der Waals surface area contributed by atoms with Gasteiger partial charge in [0.05, 0.1) is 6.61 Å². The fourth-order valence-corrected chi connectivity index (χ4v) is 1.80. The maximum atomic E-state index is 11.4. The molecule has 106 valence electrons. The van der Waals surface area contributed by atoms with Crippen molar-refractivity contribution in [3.05, 3.63) is 35.9 Å². The predicted molar refractivity (Wildman–Crippen MR) is 77.6 cm³/mol. The molecule has 1 aromatic rings. The Morgan fingerprint density at radius 1 is 1.32 bits per heavy atom. The van der Waals surface area contributed by atoms with Gasteiger partial charge in [0, 0.05) is 25.6 Å². The second-order valence-electron chi connectivity index (χ2n) is 4.62. The Hall–Kier alpha value is -1.10. The third-order valence-corrected chi connectivity index (χ3v) is 3.06. The average molecular weight is 285 g/mol. The SMILES string of the molecule is Cl.O=C(COCCc1ccccc1)NCC1CNC1. The van der Waals surface area contributed by atoms with Gasteiger partial charge < -0.3 is 15.4 Å². The standard InChI is InChI=1S/C14H20N2O2.ClH/c17-14(16-10-13-8-15-9-13)11-18-7-6-12-4-2-1-3-5-12;/h1-5,13,15H,6-11H2,(H,16,17);1H. The van der Waals surface area contributed by atoms with Crippen molar-refractivity contribution in [1.82, 2.24) is 10.6 Å². The van der Waals surface area contributed by atoms with Crippen molar-refractivity contribution in [2.45, 2.75) is 6.42 Å². The minimum atomic E-state index is -0.0186. The van der Waals surface area contributed by atoms with Crippen LogP contribution in [0.15, 0.2) is 30.3 Å². The molecule has 5 heteroatoms. The number of amides is 1. The van der Waals surface area contributed by atoms with Crippen LogP contribution in [0.1, 0.15) is 5.56 Å². The third kappa shape index (κ3) is 6.05. The summed E-state index contributed by atoms with van der Waals surface area (Å²) in [5, 5.41) is 6.05. The Labute approximate surface area is 120 Å². The molecule has 0 radical (unpaired) electrons. The monoisotopic (exact) mass is 284 g/mol. The second kappa shape index (κ2) is 8.91.